The molecular formula is C14H21BrFNO. The van der Waals surface area contributed by atoms with Gasteiger partial charge in [0.05, 0.1) is 6.10 Å². The molecule has 0 radical (unpaired) electrons. The largest absolute Gasteiger partial charge is 0.380 e. The van der Waals surface area contributed by atoms with Crippen LogP contribution in [0.25, 0.3) is 0 Å². The van der Waals surface area contributed by atoms with Gasteiger partial charge in [-0.15, -0.1) is 0 Å². The van der Waals surface area contributed by atoms with Gasteiger partial charge in [-0.3, -0.25) is 0 Å². The van der Waals surface area contributed by atoms with Crippen LogP contribution in [0.3, 0.4) is 0 Å². The van der Waals surface area contributed by atoms with Crippen molar-refractivity contribution in [2.45, 2.75) is 38.8 Å². The second kappa shape index (κ2) is 7.87. The van der Waals surface area contributed by atoms with E-state index in [1.54, 1.807) is 7.11 Å². The molecule has 0 saturated carbocycles. The van der Waals surface area contributed by atoms with E-state index in [0.29, 0.717) is 0 Å². The Morgan fingerprint density at radius 2 is 2.17 bits per heavy atom. The van der Waals surface area contributed by atoms with E-state index in [1.807, 2.05) is 13.0 Å². The van der Waals surface area contributed by atoms with Crippen LogP contribution in [0, 0.1) is 5.82 Å². The standard InChI is InChI=1S/C14H21BrFNO/c1-4-7-17-14(10(2)18-3)8-11-5-6-12(16)9-13(11)15/h5-6,9-10,14,17H,4,7-8H2,1-3H3. The molecule has 2 nitrogen and oxygen atoms in total. The fourth-order valence-electron chi connectivity index (χ4n) is 1.82. The first-order chi connectivity index (χ1) is 8.58. The number of benzene rings is 1. The molecule has 2 atom stereocenters. The molecule has 0 bridgehead atoms. The van der Waals surface area contributed by atoms with Crippen LogP contribution in [-0.2, 0) is 11.2 Å². The third kappa shape index (κ3) is 4.67. The lowest BCUT2D eigenvalue weighted by molar-refractivity contribution is 0.0830. The highest BCUT2D eigenvalue weighted by atomic mass is 79.9. The number of hydrogen-bond donors (Lipinski definition) is 1. The van der Waals surface area contributed by atoms with Crippen molar-refractivity contribution in [3.05, 3.63) is 34.1 Å². The molecule has 0 saturated heterocycles. The van der Waals surface area contributed by atoms with E-state index in [0.717, 1.165) is 29.4 Å². The van der Waals surface area contributed by atoms with Crippen molar-refractivity contribution in [3.63, 3.8) is 0 Å². The van der Waals surface area contributed by atoms with Crippen molar-refractivity contribution in [2.75, 3.05) is 13.7 Å². The molecule has 2 unspecified atom stereocenters. The van der Waals surface area contributed by atoms with Crippen LogP contribution in [0.2, 0.25) is 0 Å². The molecule has 102 valence electrons. The zero-order valence-electron chi connectivity index (χ0n) is 11.2. The third-order valence-electron chi connectivity index (χ3n) is 3.05. The Morgan fingerprint density at radius 1 is 1.44 bits per heavy atom. The molecule has 0 aliphatic rings. The molecule has 0 fully saturated rings. The minimum atomic E-state index is -0.219. The molecule has 0 aliphatic heterocycles. The second-order valence-corrected chi connectivity index (χ2v) is 5.30. The van der Waals surface area contributed by atoms with Crippen LogP contribution in [-0.4, -0.2) is 25.8 Å². The Kier molecular flexibility index (Phi) is 6.82. The maximum absolute atomic E-state index is 13.0. The number of rotatable bonds is 7. The molecule has 1 aromatic carbocycles. The van der Waals surface area contributed by atoms with Gasteiger partial charge in [-0.2, -0.15) is 0 Å². The minimum Gasteiger partial charge on any atom is -0.380 e. The maximum atomic E-state index is 13.0. The summed E-state index contributed by atoms with van der Waals surface area (Å²) in [5.74, 6) is -0.219. The minimum absolute atomic E-state index is 0.119. The van der Waals surface area contributed by atoms with Gasteiger partial charge in [0.1, 0.15) is 5.82 Å². The Bertz CT molecular complexity index is 373. The van der Waals surface area contributed by atoms with Crippen LogP contribution >= 0.6 is 15.9 Å². The Morgan fingerprint density at radius 3 is 2.72 bits per heavy atom. The molecule has 1 rings (SSSR count). The first kappa shape index (κ1) is 15.6. The van der Waals surface area contributed by atoms with Gasteiger partial charge in [0.15, 0.2) is 0 Å². The highest BCUT2D eigenvalue weighted by molar-refractivity contribution is 9.10. The number of hydrogen-bond acceptors (Lipinski definition) is 2. The molecule has 0 aromatic heterocycles. The van der Waals surface area contributed by atoms with Crippen molar-refractivity contribution in [2.24, 2.45) is 0 Å². The SMILES string of the molecule is CCCNC(Cc1ccc(F)cc1Br)C(C)OC. The first-order valence-corrected chi connectivity index (χ1v) is 7.07. The lowest BCUT2D eigenvalue weighted by Gasteiger charge is -2.24. The van der Waals surface area contributed by atoms with E-state index >= 15 is 0 Å². The monoisotopic (exact) mass is 317 g/mol. The Labute approximate surface area is 117 Å². The van der Waals surface area contributed by atoms with E-state index in [1.165, 1.54) is 12.1 Å². The molecule has 1 N–H and O–H groups in total. The van der Waals surface area contributed by atoms with E-state index in [4.69, 9.17) is 4.74 Å². The van der Waals surface area contributed by atoms with Crippen LogP contribution < -0.4 is 5.32 Å². The van der Waals surface area contributed by atoms with Crippen molar-refractivity contribution >= 4 is 15.9 Å². The van der Waals surface area contributed by atoms with E-state index < -0.39 is 0 Å². The lowest BCUT2D eigenvalue weighted by Crippen LogP contribution is -2.41. The summed E-state index contributed by atoms with van der Waals surface area (Å²) in [6, 6.07) is 5.05. The summed E-state index contributed by atoms with van der Waals surface area (Å²) in [6.45, 7) is 5.14. The second-order valence-electron chi connectivity index (χ2n) is 4.44. The normalized spacial score (nSPS) is 14.5. The molecule has 0 spiro atoms. The molecule has 0 amide bonds. The first-order valence-electron chi connectivity index (χ1n) is 6.28. The highest BCUT2D eigenvalue weighted by Crippen LogP contribution is 2.20. The number of halogens is 2. The van der Waals surface area contributed by atoms with Gasteiger partial charge in [-0.05, 0) is 44.0 Å². The number of methoxy groups -OCH3 is 1. The maximum Gasteiger partial charge on any atom is 0.124 e. The summed E-state index contributed by atoms with van der Waals surface area (Å²) < 4.78 is 19.2. The number of nitrogens with one attached hydrogen (secondary N) is 1. The fourth-order valence-corrected chi connectivity index (χ4v) is 2.33. The van der Waals surface area contributed by atoms with Gasteiger partial charge >= 0.3 is 0 Å². The van der Waals surface area contributed by atoms with Gasteiger partial charge < -0.3 is 10.1 Å². The van der Waals surface area contributed by atoms with Crippen LogP contribution in [0.15, 0.2) is 22.7 Å². The third-order valence-corrected chi connectivity index (χ3v) is 3.79. The van der Waals surface area contributed by atoms with E-state index in [9.17, 15) is 4.39 Å². The smallest absolute Gasteiger partial charge is 0.124 e. The number of ether oxygens (including phenoxy) is 1. The summed E-state index contributed by atoms with van der Waals surface area (Å²) in [7, 11) is 1.71. The summed E-state index contributed by atoms with van der Waals surface area (Å²) >= 11 is 3.41. The predicted molar refractivity (Wildman–Crippen MR) is 76.4 cm³/mol. The predicted octanol–water partition coefficient (Wildman–Crippen LogP) is 3.53. The van der Waals surface area contributed by atoms with Crippen molar-refractivity contribution in [1.29, 1.82) is 0 Å². The van der Waals surface area contributed by atoms with Crippen molar-refractivity contribution < 1.29 is 9.13 Å². The van der Waals surface area contributed by atoms with Gasteiger partial charge in [0.25, 0.3) is 0 Å². The fraction of sp³-hybridized carbons (Fsp3) is 0.571. The van der Waals surface area contributed by atoms with Gasteiger partial charge in [0, 0.05) is 17.6 Å². The zero-order chi connectivity index (χ0) is 13.5. The Balaban J connectivity index is 2.75. The summed E-state index contributed by atoms with van der Waals surface area (Å²) in [4.78, 5) is 0. The molecule has 0 aliphatic carbocycles. The molecule has 4 heteroatoms. The molecule has 1 aromatic rings. The van der Waals surface area contributed by atoms with Gasteiger partial charge in [0.2, 0.25) is 0 Å². The Hall–Kier alpha value is -0.450. The average molecular weight is 318 g/mol. The molecule has 0 heterocycles. The highest BCUT2D eigenvalue weighted by Gasteiger charge is 2.17. The topological polar surface area (TPSA) is 21.3 Å². The molecule has 18 heavy (non-hydrogen) atoms. The summed E-state index contributed by atoms with van der Waals surface area (Å²) in [5, 5.41) is 3.47. The summed E-state index contributed by atoms with van der Waals surface area (Å²) in [5.41, 5.74) is 1.09. The van der Waals surface area contributed by atoms with Gasteiger partial charge in [-0.1, -0.05) is 28.9 Å². The van der Waals surface area contributed by atoms with E-state index in [-0.39, 0.29) is 18.0 Å². The molecular weight excluding hydrogens is 297 g/mol. The van der Waals surface area contributed by atoms with Gasteiger partial charge in [-0.25, -0.2) is 4.39 Å². The van der Waals surface area contributed by atoms with Crippen LogP contribution in [0.4, 0.5) is 4.39 Å². The lowest BCUT2D eigenvalue weighted by atomic mass is 10.0. The van der Waals surface area contributed by atoms with Crippen LogP contribution in [0.5, 0.6) is 0 Å². The van der Waals surface area contributed by atoms with E-state index in [2.05, 4.69) is 28.2 Å². The average Bonchev–Trinajstić information content (AvgIpc) is 2.36. The van der Waals surface area contributed by atoms with Crippen molar-refractivity contribution in [1.82, 2.24) is 5.32 Å². The van der Waals surface area contributed by atoms with Crippen molar-refractivity contribution in [3.8, 4) is 0 Å². The zero-order valence-corrected chi connectivity index (χ0v) is 12.8. The summed E-state index contributed by atoms with van der Waals surface area (Å²) in [6.07, 6.45) is 2.02. The van der Waals surface area contributed by atoms with Crippen LogP contribution in [0.1, 0.15) is 25.8 Å². The quantitative estimate of drug-likeness (QED) is 0.830.